The van der Waals surface area contributed by atoms with Crippen molar-refractivity contribution < 1.29 is 14.3 Å². The molecule has 6 nitrogen and oxygen atoms in total. The lowest BCUT2D eigenvalue weighted by molar-refractivity contribution is -0.130. The number of fused-ring (bicyclic) bond motifs is 1. The minimum Gasteiger partial charge on any atom is -0.496 e. The van der Waals surface area contributed by atoms with E-state index >= 15 is 0 Å². The van der Waals surface area contributed by atoms with Crippen molar-refractivity contribution in [3.63, 3.8) is 0 Å². The third kappa shape index (κ3) is 5.60. The minimum absolute atomic E-state index is 0.136. The van der Waals surface area contributed by atoms with Crippen LogP contribution >= 0.6 is 0 Å². The molecule has 2 amide bonds. The standard InChI is InChI=1S/C24H31N3O3/c1-16(2)12-21(23(28)26-15-19-10-6-7-11-22(19)30-3)27-24(29)20-13-17-8-4-5-9-18(17)14-25-20/h4-11,16,20-21,25H,12-15H2,1-3H3,(H,26,28)(H,27,29)/t20-,21+/m0/s1. The molecular weight excluding hydrogens is 378 g/mol. The van der Waals surface area contributed by atoms with E-state index in [-0.39, 0.29) is 23.8 Å². The van der Waals surface area contributed by atoms with Crippen molar-refractivity contribution in [2.24, 2.45) is 5.92 Å². The molecule has 1 aliphatic rings. The first kappa shape index (κ1) is 21.8. The predicted molar refractivity (Wildman–Crippen MR) is 117 cm³/mol. The zero-order valence-corrected chi connectivity index (χ0v) is 17.9. The SMILES string of the molecule is COc1ccccc1CNC(=O)[C@@H](CC(C)C)NC(=O)[C@@H]1Cc2ccccc2CN1. The summed E-state index contributed by atoms with van der Waals surface area (Å²) in [4.78, 5) is 25.8. The monoisotopic (exact) mass is 409 g/mol. The summed E-state index contributed by atoms with van der Waals surface area (Å²) in [6.45, 7) is 5.09. The summed E-state index contributed by atoms with van der Waals surface area (Å²) >= 11 is 0. The summed E-state index contributed by atoms with van der Waals surface area (Å²) in [7, 11) is 1.61. The van der Waals surface area contributed by atoms with Gasteiger partial charge in [-0.15, -0.1) is 0 Å². The molecule has 0 fully saturated rings. The van der Waals surface area contributed by atoms with Gasteiger partial charge in [0.2, 0.25) is 11.8 Å². The van der Waals surface area contributed by atoms with Gasteiger partial charge < -0.3 is 20.7 Å². The average molecular weight is 410 g/mol. The Hall–Kier alpha value is -2.86. The van der Waals surface area contributed by atoms with E-state index in [1.54, 1.807) is 7.11 Å². The summed E-state index contributed by atoms with van der Waals surface area (Å²) in [6.07, 6.45) is 1.20. The van der Waals surface area contributed by atoms with E-state index in [4.69, 9.17) is 4.74 Å². The van der Waals surface area contributed by atoms with E-state index in [1.807, 2.05) is 50.2 Å². The molecule has 0 radical (unpaired) electrons. The first-order chi connectivity index (χ1) is 14.5. The van der Waals surface area contributed by atoms with Gasteiger partial charge in [-0.1, -0.05) is 56.3 Å². The minimum atomic E-state index is -0.578. The Kier molecular flexibility index (Phi) is 7.46. The lowest BCUT2D eigenvalue weighted by Crippen LogP contribution is -2.54. The van der Waals surface area contributed by atoms with E-state index in [0.717, 1.165) is 11.3 Å². The van der Waals surface area contributed by atoms with Crippen LogP contribution < -0.4 is 20.7 Å². The fraction of sp³-hybridized carbons (Fsp3) is 0.417. The second-order valence-corrected chi connectivity index (χ2v) is 8.13. The maximum Gasteiger partial charge on any atom is 0.242 e. The number of hydrogen-bond acceptors (Lipinski definition) is 4. The van der Waals surface area contributed by atoms with Gasteiger partial charge in [-0.3, -0.25) is 9.59 Å². The molecule has 2 aromatic rings. The van der Waals surface area contributed by atoms with E-state index in [0.29, 0.717) is 25.9 Å². The Morgan fingerprint density at radius 3 is 2.53 bits per heavy atom. The molecule has 2 aromatic carbocycles. The lowest BCUT2D eigenvalue weighted by atomic mass is 9.95. The van der Waals surface area contributed by atoms with Crippen molar-refractivity contribution in [3.05, 3.63) is 65.2 Å². The van der Waals surface area contributed by atoms with Crippen molar-refractivity contribution in [1.29, 1.82) is 0 Å². The summed E-state index contributed by atoms with van der Waals surface area (Å²) in [6, 6.07) is 14.8. The topological polar surface area (TPSA) is 79.5 Å². The van der Waals surface area contributed by atoms with E-state index in [1.165, 1.54) is 11.1 Å². The third-order valence-corrected chi connectivity index (χ3v) is 5.38. The smallest absolute Gasteiger partial charge is 0.242 e. The molecule has 0 aromatic heterocycles. The number of carbonyl (C=O) groups is 2. The van der Waals surface area contributed by atoms with Gasteiger partial charge in [-0.25, -0.2) is 0 Å². The van der Waals surface area contributed by atoms with Gasteiger partial charge in [0.25, 0.3) is 0 Å². The van der Waals surface area contributed by atoms with Crippen LogP contribution in [-0.4, -0.2) is 31.0 Å². The Bertz CT molecular complexity index is 882. The number of para-hydroxylation sites is 1. The molecule has 0 unspecified atom stereocenters. The first-order valence-corrected chi connectivity index (χ1v) is 10.5. The van der Waals surface area contributed by atoms with Crippen LogP contribution in [0, 0.1) is 5.92 Å². The number of nitrogens with one attached hydrogen (secondary N) is 3. The van der Waals surface area contributed by atoms with Crippen molar-refractivity contribution in [2.45, 2.75) is 51.9 Å². The molecule has 1 heterocycles. The molecule has 0 bridgehead atoms. The zero-order chi connectivity index (χ0) is 21.5. The summed E-state index contributed by atoms with van der Waals surface area (Å²) in [5.74, 6) is 0.682. The van der Waals surface area contributed by atoms with E-state index in [9.17, 15) is 9.59 Å². The second-order valence-electron chi connectivity index (χ2n) is 8.13. The number of ether oxygens (including phenoxy) is 1. The van der Waals surface area contributed by atoms with E-state index < -0.39 is 6.04 Å². The van der Waals surface area contributed by atoms with Crippen LogP contribution in [0.5, 0.6) is 5.75 Å². The number of hydrogen-bond donors (Lipinski definition) is 3. The van der Waals surface area contributed by atoms with Gasteiger partial charge >= 0.3 is 0 Å². The highest BCUT2D eigenvalue weighted by molar-refractivity contribution is 5.90. The Morgan fingerprint density at radius 1 is 1.10 bits per heavy atom. The Morgan fingerprint density at radius 2 is 1.80 bits per heavy atom. The fourth-order valence-corrected chi connectivity index (χ4v) is 3.77. The number of carbonyl (C=O) groups excluding carboxylic acids is 2. The molecule has 160 valence electrons. The summed E-state index contributed by atoms with van der Waals surface area (Å²) < 4.78 is 5.35. The molecule has 2 atom stereocenters. The summed E-state index contributed by atoms with van der Waals surface area (Å²) in [5, 5.41) is 9.20. The van der Waals surface area contributed by atoms with Crippen molar-refractivity contribution in [2.75, 3.05) is 7.11 Å². The van der Waals surface area contributed by atoms with Crippen LogP contribution in [0.1, 0.15) is 37.0 Å². The summed E-state index contributed by atoms with van der Waals surface area (Å²) in [5.41, 5.74) is 3.29. The number of rotatable bonds is 8. The quantitative estimate of drug-likeness (QED) is 0.626. The number of amides is 2. The van der Waals surface area contributed by atoms with Crippen LogP contribution in [0.2, 0.25) is 0 Å². The van der Waals surface area contributed by atoms with Crippen LogP contribution in [-0.2, 0) is 29.1 Å². The fourth-order valence-electron chi connectivity index (χ4n) is 3.77. The van der Waals surface area contributed by atoms with Gasteiger partial charge in [0.1, 0.15) is 11.8 Å². The normalized spacial score (nSPS) is 16.5. The second kappa shape index (κ2) is 10.3. The largest absolute Gasteiger partial charge is 0.496 e. The molecule has 0 saturated carbocycles. The Labute approximate surface area is 178 Å². The highest BCUT2D eigenvalue weighted by atomic mass is 16.5. The highest BCUT2D eigenvalue weighted by Crippen LogP contribution is 2.18. The van der Waals surface area contributed by atoms with E-state index in [2.05, 4.69) is 28.1 Å². The molecular formula is C24H31N3O3. The van der Waals surface area contributed by atoms with Gasteiger partial charge in [0, 0.05) is 18.7 Å². The maximum atomic E-state index is 12.9. The molecule has 0 aliphatic carbocycles. The predicted octanol–water partition coefficient (Wildman–Crippen LogP) is 2.56. The molecule has 30 heavy (non-hydrogen) atoms. The molecule has 0 spiro atoms. The average Bonchev–Trinajstić information content (AvgIpc) is 2.76. The third-order valence-electron chi connectivity index (χ3n) is 5.38. The highest BCUT2D eigenvalue weighted by Gasteiger charge is 2.28. The lowest BCUT2D eigenvalue weighted by Gasteiger charge is -2.28. The molecule has 6 heteroatoms. The van der Waals surface area contributed by atoms with Gasteiger partial charge in [-0.05, 0) is 36.0 Å². The van der Waals surface area contributed by atoms with Gasteiger partial charge in [0.15, 0.2) is 0 Å². The van der Waals surface area contributed by atoms with Gasteiger partial charge in [0.05, 0.1) is 13.2 Å². The Balaban J connectivity index is 1.62. The number of methoxy groups -OCH3 is 1. The van der Waals surface area contributed by atoms with Crippen molar-refractivity contribution in [3.8, 4) is 5.75 Å². The zero-order valence-electron chi connectivity index (χ0n) is 17.9. The van der Waals surface area contributed by atoms with Crippen LogP contribution in [0.4, 0.5) is 0 Å². The first-order valence-electron chi connectivity index (χ1n) is 10.5. The number of benzene rings is 2. The molecule has 3 N–H and O–H groups in total. The molecule has 0 saturated heterocycles. The maximum absolute atomic E-state index is 12.9. The van der Waals surface area contributed by atoms with Crippen LogP contribution in [0.25, 0.3) is 0 Å². The van der Waals surface area contributed by atoms with Crippen molar-refractivity contribution in [1.82, 2.24) is 16.0 Å². The van der Waals surface area contributed by atoms with Crippen LogP contribution in [0.15, 0.2) is 48.5 Å². The van der Waals surface area contributed by atoms with Gasteiger partial charge in [-0.2, -0.15) is 0 Å². The molecule has 1 aliphatic heterocycles. The van der Waals surface area contributed by atoms with Crippen LogP contribution in [0.3, 0.4) is 0 Å². The van der Waals surface area contributed by atoms with Crippen molar-refractivity contribution >= 4 is 11.8 Å². The molecule has 3 rings (SSSR count).